The molecule has 0 heterocycles. The number of aliphatic hydroxyl groups is 1. The molecule has 0 amide bonds. The highest BCUT2D eigenvalue weighted by molar-refractivity contribution is 4.97. The SMILES string of the molecule is CC/C=C(\C)CCCC(C)(O)CCC=C(C)C. The van der Waals surface area contributed by atoms with Crippen LogP contribution in [0.5, 0.6) is 0 Å². The van der Waals surface area contributed by atoms with Crippen LogP contribution in [-0.2, 0) is 0 Å². The van der Waals surface area contributed by atoms with Gasteiger partial charge in [0, 0.05) is 0 Å². The van der Waals surface area contributed by atoms with Crippen molar-refractivity contribution in [2.24, 2.45) is 0 Å². The zero-order valence-corrected chi connectivity index (χ0v) is 12.3. The van der Waals surface area contributed by atoms with Gasteiger partial charge in [-0.25, -0.2) is 0 Å². The lowest BCUT2D eigenvalue weighted by atomic mass is 9.92. The summed E-state index contributed by atoms with van der Waals surface area (Å²) >= 11 is 0. The highest BCUT2D eigenvalue weighted by Gasteiger charge is 2.18. The van der Waals surface area contributed by atoms with E-state index in [2.05, 4.69) is 39.8 Å². The molecule has 0 fully saturated rings. The van der Waals surface area contributed by atoms with E-state index in [4.69, 9.17) is 0 Å². The topological polar surface area (TPSA) is 20.2 Å². The zero-order chi connectivity index (χ0) is 13.3. The third kappa shape index (κ3) is 10.3. The molecule has 0 aromatic rings. The molecule has 0 aliphatic carbocycles. The maximum atomic E-state index is 10.2. The van der Waals surface area contributed by atoms with Gasteiger partial charge in [-0.2, -0.15) is 0 Å². The summed E-state index contributed by atoms with van der Waals surface area (Å²) in [5, 5.41) is 10.2. The van der Waals surface area contributed by atoms with Crippen LogP contribution in [0, 0.1) is 0 Å². The smallest absolute Gasteiger partial charge is 0.0622 e. The van der Waals surface area contributed by atoms with Crippen LogP contribution in [-0.4, -0.2) is 10.7 Å². The van der Waals surface area contributed by atoms with Crippen molar-refractivity contribution in [3.05, 3.63) is 23.3 Å². The van der Waals surface area contributed by atoms with E-state index in [-0.39, 0.29) is 0 Å². The Morgan fingerprint density at radius 2 is 1.76 bits per heavy atom. The third-order valence-electron chi connectivity index (χ3n) is 3.07. The van der Waals surface area contributed by atoms with Crippen LogP contribution in [0.1, 0.15) is 73.1 Å². The molecule has 1 unspecified atom stereocenters. The molecule has 1 heteroatoms. The summed E-state index contributed by atoms with van der Waals surface area (Å²) < 4.78 is 0. The Morgan fingerprint density at radius 3 is 2.29 bits per heavy atom. The number of hydrogen-bond donors (Lipinski definition) is 1. The van der Waals surface area contributed by atoms with Gasteiger partial charge in [0.15, 0.2) is 0 Å². The Labute approximate surface area is 108 Å². The summed E-state index contributed by atoms with van der Waals surface area (Å²) in [5.41, 5.74) is 2.29. The molecule has 0 aromatic carbocycles. The van der Waals surface area contributed by atoms with Crippen LogP contribution in [0.15, 0.2) is 23.3 Å². The van der Waals surface area contributed by atoms with Crippen molar-refractivity contribution in [1.82, 2.24) is 0 Å². The maximum absolute atomic E-state index is 10.2. The highest BCUT2D eigenvalue weighted by Crippen LogP contribution is 2.21. The van der Waals surface area contributed by atoms with E-state index in [1.165, 1.54) is 11.1 Å². The van der Waals surface area contributed by atoms with Gasteiger partial charge in [0.1, 0.15) is 0 Å². The monoisotopic (exact) mass is 238 g/mol. The molecule has 1 atom stereocenters. The van der Waals surface area contributed by atoms with Gasteiger partial charge >= 0.3 is 0 Å². The molecule has 0 aromatic heterocycles. The van der Waals surface area contributed by atoms with Crippen LogP contribution in [0.4, 0.5) is 0 Å². The lowest BCUT2D eigenvalue weighted by Gasteiger charge is -2.22. The largest absolute Gasteiger partial charge is 0.390 e. The molecule has 0 radical (unpaired) electrons. The van der Waals surface area contributed by atoms with E-state index >= 15 is 0 Å². The number of allylic oxidation sites excluding steroid dienone is 4. The van der Waals surface area contributed by atoms with Crippen molar-refractivity contribution < 1.29 is 5.11 Å². The minimum absolute atomic E-state index is 0.502. The molecule has 0 rings (SSSR count). The fourth-order valence-corrected chi connectivity index (χ4v) is 2.00. The molecule has 100 valence electrons. The quantitative estimate of drug-likeness (QED) is 0.589. The van der Waals surface area contributed by atoms with Gasteiger partial charge < -0.3 is 5.11 Å². The molecule has 0 bridgehead atoms. The van der Waals surface area contributed by atoms with Gasteiger partial charge in [0.25, 0.3) is 0 Å². The summed E-state index contributed by atoms with van der Waals surface area (Å²) in [7, 11) is 0. The summed E-state index contributed by atoms with van der Waals surface area (Å²) in [6.45, 7) is 10.5. The predicted octanol–water partition coefficient (Wildman–Crippen LogP) is 5.01. The zero-order valence-electron chi connectivity index (χ0n) is 12.3. The molecule has 1 N–H and O–H groups in total. The second-order valence-corrected chi connectivity index (χ2v) is 5.63. The van der Waals surface area contributed by atoms with E-state index in [0.29, 0.717) is 0 Å². The Morgan fingerprint density at radius 1 is 1.12 bits per heavy atom. The van der Waals surface area contributed by atoms with Crippen LogP contribution < -0.4 is 0 Å². The first-order valence-corrected chi connectivity index (χ1v) is 6.89. The molecule has 17 heavy (non-hydrogen) atoms. The van der Waals surface area contributed by atoms with Gasteiger partial charge in [-0.1, -0.05) is 30.2 Å². The molecular weight excluding hydrogens is 208 g/mol. The van der Waals surface area contributed by atoms with Crippen molar-refractivity contribution >= 4 is 0 Å². The fraction of sp³-hybridized carbons (Fsp3) is 0.750. The van der Waals surface area contributed by atoms with Crippen molar-refractivity contribution in [3.8, 4) is 0 Å². The average Bonchev–Trinajstić information content (AvgIpc) is 2.16. The minimum Gasteiger partial charge on any atom is -0.390 e. The van der Waals surface area contributed by atoms with Crippen molar-refractivity contribution in [2.45, 2.75) is 78.7 Å². The summed E-state index contributed by atoms with van der Waals surface area (Å²) in [6, 6.07) is 0. The Hall–Kier alpha value is -0.560. The second-order valence-electron chi connectivity index (χ2n) is 5.63. The fourth-order valence-electron chi connectivity index (χ4n) is 2.00. The van der Waals surface area contributed by atoms with Crippen molar-refractivity contribution in [3.63, 3.8) is 0 Å². The minimum atomic E-state index is -0.502. The standard InChI is InChI=1S/C16H30O/c1-6-9-15(4)11-8-13-16(5,17)12-7-10-14(2)3/h9-10,17H,6-8,11-13H2,1-5H3/b15-9+. The van der Waals surface area contributed by atoms with E-state index < -0.39 is 5.60 Å². The Kier molecular flexibility index (Phi) is 8.24. The van der Waals surface area contributed by atoms with Gasteiger partial charge in [-0.05, 0) is 66.2 Å². The van der Waals surface area contributed by atoms with E-state index in [1.54, 1.807) is 0 Å². The number of hydrogen-bond acceptors (Lipinski definition) is 1. The van der Waals surface area contributed by atoms with Crippen molar-refractivity contribution in [2.75, 3.05) is 0 Å². The average molecular weight is 238 g/mol. The number of rotatable bonds is 8. The lowest BCUT2D eigenvalue weighted by Crippen LogP contribution is -2.23. The summed E-state index contributed by atoms with van der Waals surface area (Å²) in [5.74, 6) is 0. The van der Waals surface area contributed by atoms with Gasteiger partial charge in [0.2, 0.25) is 0 Å². The molecule has 0 saturated heterocycles. The maximum Gasteiger partial charge on any atom is 0.0622 e. The summed E-state index contributed by atoms with van der Waals surface area (Å²) in [4.78, 5) is 0. The first kappa shape index (κ1) is 16.4. The first-order chi connectivity index (χ1) is 7.87. The second kappa shape index (κ2) is 8.52. The van der Waals surface area contributed by atoms with Gasteiger partial charge in [-0.3, -0.25) is 0 Å². The van der Waals surface area contributed by atoms with Gasteiger partial charge in [-0.15, -0.1) is 0 Å². The molecular formula is C16H30O. The van der Waals surface area contributed by atoms with E-state index in [9.17, 15) is 5.11 Å². The van der Waals surface area contributed by atoms with Crippen LogP contribution in [0.2, 0.25) is 0 Å². The first-order valence-electron chi connectivity index (χ1n) is 6.89. The van der Waals surface area contributed by atoms with E-state index in [0.717, 1.165) is 38.5 Å². The van der Waals surface area contributed by atoms with Crippen LogP contribution in [0.25, 0.3) is 0 Å². The molecule has 0 spiro atoms. The molecule has 0 aliphatic heterocycles. The Bertz CT molecular complexity index is 255. The Balaban J connectivity index is 3.85. The molecule has 1 nitrogen and oxygen atoms in total. The van der Waals surface area contributed by atoms with Gasteiger partial charge in [0.05, 0.1) is 5.60 Å². The summed E-state index contributed by atoms with van der Waals surface area (Å²) in [6.07, 6.45) is 10.6. The normalized spacial score (nSPS) is 15.5. The lowest BCUT2D eigenvalue weighted by molar-refractivity contribution is 0.0410. The van der Waals surface area contributed by atoms with Crippen LogP contribution >= 0.6 is 0 Å². The third-order valence-corrected chi connectivity index (χ3v) is 3.07. The molecule has 0 aliphatic rings. The predicted molar refractivity (Wildman–Crippen MR) is 77.2 cm³/mol. The van der Waals surface area contributed by atoms with E-state index in [1.807, 2.05) is 6.92 Å². The highest BCUT2D eigenvalue weighted by atomic mass is 16.3. The van der Waals surface area contributed by atoms with Crippen LogP contribution in [0.3, 0.4) is 0 Å². The molecule has 0 saturated carbocycles. The van der Waals surface area contributed by atoms with Crippen molar-refractivity contribution in [1.29, 1.82) is 0 Å².